The first-order chi connectivity index (χ1) is 8.15. The van der Waals surface area contributed by atoms with Crippen LogP contribution < -0.4 is 8.92 Å². The van der Waals surface area contributed by atoms with E-state index in [1.165, 1.54) is 4.46 Å². The molecular weight excluding hydrogens is 303 g/mol. The molecule has 0 amide bonds. The Bertz CT molecular complexity index is 537. The fourth-order valence-electron chi connectivity index (χ4n) is 1.33. The van der Waals surface area contributed by atoms with Crippen molar-refractivity contribution < 1.29 is 9.90 Å². The Hall–Kier alpha value is -1.28. The third kappa shape index (κ3) is 3.34. The van der Waals surface area contributed by atoms with E-state index in [0.29, 0.717) is 10.6 Å². The predicted molar refractivity (Wildman–Crippen MR) is 69.9 cm³/mol. The van der Waals surface area contributed by atoms with Crippen LogP contribution in [-0.2, 0) is 0 Å². The summed E-state index contributed by atoms with van der Waals surface area (Å²) in [6.07, 6.45) is 0. The molecule has 2 aromatic rings. The Labute approximate surface area is 110 Å². The van der Waals surface area contributed by atoms with Crippen LogP contribution in [-0.4, -0.2) is 26.0 Å². The van der Waals surface area contributed by atoms with Gasteiger partial charge in [-0.1, -0.05) is 0 Å². The van der Waals surface area contributed by atoms with Crippen LogP contribution in [0.4, 0.5) is 0 Å². The van der Waals surface area contributed by atoms with Crippen LogP contribution in [0.25, 0.3) is 0 Å². The van der Waals surface area contributed by atoms with Gasteiger partial charge < -0.3 is 0 Å². The molecule has 0 heterocycles. The van der Waals surface area contributed by atoms with Gasteiger partial charge in [-0.2, -0.15) is 0 Å². The number of benzene rings is 2. The summed E-state index contributed by atoms with van der Waals surface area (Å²) in [5.74, 6) is -0.890. The SMILES string of the molecule is O=C(O)c1cccc([Se]c2ccc(Cl)cc2)c1. The summed E-state index contributed by atoms with van der Waals surface area (Å²) in [5.41, 5.74) is 0.332. The minimum absolute atomic E-state index is 0.107. The van der Waals surface area contributed by atoms with Crippen LogP contribution in [0.5, 0.6) is 0 Å². The third-order valence-corrected chi connectivity index (χ3v) is 4.48. The summed E-state index contributed by atoms with van der Waals surface area (Å²) in [6, 6.07) is 14.7. The van der Waals surface area contributed by atoms with Gasteiger partial charge in [0.2, 0.25) is 0 Å². The summed E-state index contributed by atoms with van der Waals surface area (Å²) in [5, 5.41) is 9.61. The molecule has 0 spiro atoms. The van der Waals surface area contributed by atoms with Crippen LogP contribution in [0.3, 0.4) is 0 Å². The second kappa shape index (κ2) is 5.37. The summed E-state index contributed by atoms with van der Waals surface area (Å²) < 4.78 is 2.21. The van der Waals surface area contributed by atoms with E-state index in [1.807, 2.05) is 30.3 Å². The number of rotatable bonds is 3. The molecule has 0 radical (unpaired) electrons. The molecule has 0 unspecified atom stereocenters. The van der Waals surface area contributed by atoms with E-state index in [1.54, 1.807) is 18.2 Å². The minimum atomic E-state index is -0.890. The predicted octanol–water partition coefficient (Wildman–Crippen LogP) is 1.69. The van der Waals surface area contributed by atoms with Crippen LogP contribution >= 0.6 is 11.6 Å². The fraction of sp³-hybridized carbons (Fsp3) is 0. The first-order valence-electron chi connectivity index (χ1n) is 4.92. The molecule has 0 aliphatic rings. The molecule has 0 aliphatic heterocycles. The molecule has 0 bridgehead atoms. The van der Waals surface area contributed by atoms with Gasteiger partial charge >= 0.3 is 110 Å². The molecule has 2 rings (SSSR count). The fourth-order valence-corrected chi connectivity index (χ4v) is 3.30. The molecule has 0 saturated carbocycles. The molecule has 2 aromatic carbocycles. The van der Waals surface area contributed by atoms with Crippen molar-refractivity contribution in [2.24, 2.45) is 0 Å². The molecule has 4 heteroatoms. The summed E-state index contributed by atoms with van der Waals surface area (Å²) >= 11 is 5.92. The van der Waals surface area contributed by atoms with Crippen LogP contribution in [0.1, 0.15) is 10.4 Å². The molecule has 0 aromatic heterocycles. The van der Waals surface area contributed by atoms with Crippen LogP contribution in [0, 0.1) is 0 Å². The van der Waals surface area contributed by atoms with E-state index in [-0.39, 0.29) is 15.0 Å². The first-order valence-corrected chi connectivity index (χ1v) is 7.01. The second-order valence-electron chi connectivity index (χ2n) is 3.39. The van der Waals surface area contributed by atoms with Gasteiger partial charge in [-0.25, -0.2) is 0 Å². The van der Waals surface area contributed by atoms with Crippen molar-refractivity contribution in [3.63, 3.8) is 0 Å². The number of carboxylic acid groups (broad SMARTS) is 1. The first kappa shape index (κ1) is 12.2. The number of halogens is 1. The van der Waals surface area contributed by atoms with Crippen molar-refractivity contribution in [3.05, 3.63) is 59.1 Å². The van der Waals surface area contributed by atoms with Crippen molar-refractivity contribution in [1.82, 2.24) is 0 Å². The average molecular weight is 312 g/mol. The van der Waals surface area contributed by atoms with Gasteiger partial charge in [0.15, 0.2) is 0 Å². The van der Waals surface area contributed by atoms with E-state index in [2.05, 4.69) is 0 Å². The molecule has 2 nitrogen and oxygen atoms in total. The maximum absolute atomic E-state index is 10.8. The maximum atomic E-state index is 10.8. The van der Waals surface area contributed by atoms with E-state index in [0.717, 1.165) is 4.46 Å². The number of hydrogen-bond acceptors (Lipinski definition) is 1. The van der Waals surface area contributed by atoms with Gasteiger partial charge in [0.25, 0.3) is 0 Å². The van der Waals surface area contributed by atoms with Gasteiger partial charge in [-0.15, -0.1) is 0 Å². The number of aromatic carboxylic acids is 1. The van der Waals surface area contributed by atoms with Gasteiger partial charge in [0, 0.05) is 0 Å². The van der Waals surface area contributed by atoms with Crippen LogP contribution in [0.15, 0.2) is 48.5 Å². The number of carbonyl (C=O) groups is 1. The van der Waals surface area contributed by atoms with E-state index in [9.17, 15) is 4.79 Å². The molecule has 86 valence electrons. The topological polar surface area (TPSA) is 37.3 Å². The monoisotopic (exact) mass is 312 g/mol. The Morgan fingerprint density at radius 2 is 1.76 bits per heavy atom. The zero-order valence-corrected chi connectivity index (χ0v) is 11.2. The van der Waals surface area contributed by atoms with E-state index < -0.39 is 5.97 Å². The Balaban J connectivity index is 2.21. The summed E-state index contributed by atoms with van der Waals surface area (Å²) in [4.78, 5) is 10.8. The molecular formula is C13H9ClO2Se. The van der Waals surface area contributed by atoms with Gasteiger partial charge in [-0.3, -0.25) is 0 Å². The van der Waals surface area contributed by atoms with Crippen molar-refractivity contribution in [2.45, 2.75) is 0 Å². The second-order valence-corrected chi connectivity index (χ2v) is 6.23. The number of hydrogen-bond donors (Lipinski definition) is 1. The summed E-state index contributed by atoms with van der Waals surface area (Å²) in [7, 11) is 0. The quantitative estimate of drug-likeness (QED) is 0.876. The van der Waals surface area contributed by atoms with Crippen LogP contribution in [0.2, 0.25) is 5.02 Å². The molecule has 0 saturated heterocycles. The van der Waals surface area contributed by atoms with Gasteiger partial charge in [0.05, 0.1) is 0 Å². The number of carboxylic acids is 1. The van der Waals surface area contributed by atoms with Crippen molar-refractivity contribution >= 4 is 41.5 Å². The van der Waals surface area contributed by atoms with Crippen molar-refractivity contribution in [2.75, 3.05) is 0 Å². The zero-order valence-electron chi connectivity index (χ0n) is 8.76. The summed E-state index contributed by atoms with van der Waals surface area (Å²) in [6.45, 7) is 0. The Morgan fingerprint density at radius 1 is 1.06 bits per heavy atom. The van der Waals surface area contributed by atoms with Gasteiger partial charge in [0.1, 0.15) is 0 Å². The standard InChI is InChI=1S/C13H9ClO2Se/c14-10-4-6-11(7-5-10)17-12-3-1-2-9(8-12)13(15)16/h1-8H,(H,15,16). The molecule has 0 fully saturated rings. The van der Waals surface area contributed by atoms with Gasteiger partial charge in [-0.05, 0) is 0 Å². The molecule has 1 N–H and O–H groups in total. The van der Waals surface area contributed by atoms with E-state index >= 15 is 0 Å². The third-order valence-electron chi connectivity index (χ3n) is 2.13. The molecule has 17 heavy (non-hydrogen) atoms. The van der Waals surface area contributed by atoms with Crippen molar-refractivity contribution in [3.8, 4) is 0 Å². The van der Waals surface area contributed by atoms with Crippen molar-refractivity contribution in [1.29, 1.82) is 0 Å². The zero-order chi connectivity index (χ0) is 12.3. The molecule has 0 aliphatic carbocycles. The average Bonchev–Trinajstić information content (AvgIpc) is 2.32. The van der Waals surface area contributed by atoms with E-state index in [4.69, 9.17) is 16.7 Å². The normalized spacial score (nSPS) is 10.2. The molecule has 0 atom stereocenters. The Morgan fingerprint density at radius 3 is 2.41 bits per heavy atom. The Kier molecular flexibility index (Phi) is 3.85.